The minimum atomic E-state index is 0. The van der Waals surface area contributed by atoms with E-state index in [4.69, 9.17) is 11.6 Å². The molecule has 3 aromatic rings. The number of fused-ring (bicyclic) bond motifs is 1. The summed E-state index contributed by atoms with van der Waals surface area (Å²) < 4.78 is 0. The third kappa shape index (κ3) is 4.53. The summed E-state index contributed by atoms with van der Waals surface area (Å²) in [6.07, 6.45) is 3.73. The molecular weight excluding hydrogens is 361 g/mol. The van der Waals surface area contributed by atoms with Crippen molar-refractivity contribution in [2.24, 2.45) is 0 Å². The average Bonchev–Trinajstić information content (AvgIpc) is 2.59. The molecule has 6 heteroatoms. The highest BCUT2D eigenvalue weighted by molar-refractivity contribution is 7.99. The van der Waals surface area contributed by atoms with Gasteiger partial charge < -0.3 is 5.32 Å². The number of hydrogen-bond acceptors (Lipinski definition) is 4. The number of anilines is 1. The molecule has 0 aliphatic heterocycles. The van der Waals surface area contributed by atoms with Crippen LogP contribution in [0.1, 0.15) is 11.3 Å². The molecule has 0 aliphatic rings. The van der Waals surface area contributed by atoms with Gasteiger partial charge in [0.25, 0.3) is 0 Å². The summed E-state index contributed by atoms with van der Waals surface area (Å²) in [5.41, 5.74) is 4.28. The minimum absolute atomic E-state index is 0. The number of aromatic nitrogens is 2. The summed E-state index contributed by atoms with van der Waals surface area (Å²) in [5.74, 6) is 1.57. The van der Waals surface area contributed by atoms with Crippen LogP contribution in [-0.4, -0.2) is 21.6 Å². The van der Waals surface area contributed by atoms with E-state index >= 15 is 0 Å². The molecule has 0 amide bonds. The van der Waals surface area contributed by atoms with Crippen molar-refractivity contribution in [2.45, 2.75) is 18.4 Å². The standard InChI is InChI=1S/C18H18ClN3S.ClH/c1-13-17(20-8-6-18(13)23-9-7-19)12-21-15-10-14-4-2-3-5-16(14)22-11-15;/h2-6,8,10-11,21H,7,9,12H2,1H3;1H. The van der Waals surface area contributed by atoms with Gasteiger partial charge in [0.05, 0.1) is 29.6 Å². The molecule has 0 unspecified atom stereocenters. The highest BCUT2D eigenvalue weighted by Crippen LogP contribution is 2.24. The van der Waals surface area contributed by atoms with E-state index in [0.29, 0.717) is 12.4 Å². The summed E-state index contributed by atoms with van der Waals surface area (Å²) in [6, 6.07) is 12.3. The number of para-hydroxylation sites is 1. The zero-order valence-electron chi connectivity index (χ0n) is 13.3. The first-order valence-corrected chi connectivity index (χ1v) is 9.02. The molecule has 126 valence electrons. The van der Waals surface area contributed by atoms with E-state index in [1.165, 1.54) is 10.5 Å². The van der Waals surface area contributed by atoms with Crippen LogP contribution in [0.25, 0.3) is 10.9 Å². The Balaban J connectivity index is 0.00000208. The Morgan fingerprint density at radius 3 is 2.83 bits per heavy atom. The van der Waals surface area contributed by atoms with Crippen molar-refractivity contribution < 1.29 is 0 Å². The summed E-state index contributed by atoms with van der Waals surface area (Å²) in [5, 5.41) is 4.55. The van der Waals surface area contributed by atoms with Gasteiger partial charge in [0.15, 0.2) is 0 Å². The molecule has 2 aromatic heterocycles. The number of rotatable bonds is 6. The van der Waals surface area contributed by atoms with Crippen LogP contribution in [-0.2, 0) is 6.54 Å². The molecule has 0 bridgehead atoms. The molecule has 0 fully saturated rings. The van der Waals surface area contributed by atoms with Crippen molar-refractivity contribution >= 4 is 52.4 Å². The lowest BCUT2D eigenvalue weighted by molar-refractivity contribution is 0.989. The number of benzene rings is 1. The van der Waals surface area contributed by atoms with E-state index in [0.717, 1.165) is 28.0 Å². The third-order valence-corrected chi connectivity index (χ3v) is 5.22. The van der Waals surface area contributed by atoms with Crippen LogP contribution in [0.5, 0.6) is 0 Å². The molecule has 0 atom stereocenters. The van der Waals surface area contributed by atoms with E-state index in [2.05, 4.69) is 34.3 Å². The number of pyridine rings is 2. The molecular formula is C18H19Cl2N3S. The van der Waals surface area contributed by atoms with E-state index in [-0.39, 0.29) is 12.4 Å². The van der Waals surface area contributed by atoms with Crippen molar-refractivity contribution in [3.8, 4) is 0 Å². The van der Waals surface area contributed by atoms with E-state index in [9.17, 15) is 0 Å². The number of nitrogens with zero attached hydrogens (tertiary/aromatic N) is 2. The van der Waals surface area contributed by atoms with Crippen LogP contribution in [0.2, 0.25) is 0 Å². The van der Waals surface area contributed by atoms with Gasteiger partial charge in [-0.25, -0.2) is 0 Å². The number of nitrogens with one attached hydrogen (secondary N) is 1. The monoisotopic (exact) mass is 379 g/mol. The summed E-state index contributed by atoms with van der Waals surface area (Å²) in [6.45, 7) is 2.79. The lowest BCUT2D eigenvalue weighted by Crippen LogP contribution is -2.05. The van der Waals surface area contributed by atoms with Gasteiger partial charge in [-0.2, -0.15) is 0 Å². The Morgan fingerprint density at radius 1 is 1.17 bits per heavy atom. The third-order valence-electron chi connectivity index (χ3n) is 3.64. The second-order valence-corrected chi connectivity index (χ2v) is 6.70. The maximum atomic E-state index is 5.78. The molecule has 0 radical (unpaired) electrons. The van der Waals surface area contributed by atoms with Crippen molar-refractivity contribution in [1.82, 2.24) is 9.97 Å². The lowest BCUT2D eigenvalue weighted by atomic mass is 10.2. The minimum Gasteiger partial charge on any atom is -0.378 e. The van der Waals surface area contributed by atoms with Gasteiger partial charge >= 0.3 is 0 Å². The zero-order chi connectivity index (χ0) is 16.1. The predicted octanol–water partition coefficient (Wildman–Crippen LogP) is 5.30. The number of thioether (sulfide) groups is 1. The molecule has 0 spiro atoms. The molecule has 3 nitrogen and oxygen atoms in total. The summed E-state index contributed by atoms with van der Waals surface area (Å²) >= 11 is 7.55. The molecule has 1 N–H and O–H groups in total. The number of hydrogen-bond donors (Lipinski definition) is 1. The second-order valence-electron chi connectivity index (χ2n) is 5.19. The van der Waals surface area contributed by atoms with E-state index in [1.807, 2.05) is 36.7 Å². The largest absolute Gasteiger partial charge is 0.378 e. The molecule has 24 heavy (non-hydrogen) atoms. The Hall–Kier alpha value is -1.49. The quantitative estimate of drug-likeness (QED) is 0.465. The summed E-state index contributed by atoms with van der Waals surface area (Å²) in [7, 11) is 0. The zero-order valence-corrected chi connectivity index (χ0v) is 15.7. The molecule has 1 aromatic carbocycles. The molecule has 0 aliphatic carbocycles. The fraction of sp³-hybridized carbons (Fsp3) is 0.222. The van der Waals surface area contributed by atoms with Crippen LogP contribution in [0.15, 0.2) is 53.7 Å². The van der Waals surface area contributed by atoms with Gasteiger partial charge in [-0.15, -0.1) is 35.8 Å². The fourth-order valence-electron chi connectivity index (χ4n) is 2.40. The van der Waals surface area contributed by atoms with Gasteiger partial charge in [-0.3, -0.25) is 9.97 Å². The SMILES string of the molecule is Cc1c(SCCCl)ccnc1CNc1cnc2ccccc2c1.Cl. The first kappa shape index (κ1) is 18.8. The van der Waals surface area contributed by atoms with Crippen LogP contribution >= 0.6 is 35.8 Å². The predicted molar refractivity (Wildman–Crippen MR) is 107 cm³/mol. The van der Waals surface area contributed by atoms with Crippen LogP contribution in [0.3, 0.4) is 0 Å². The molecule has 3 rings (SSSR count). The van der Waals surface area contributed by atoms with Gasteiger partial charge in [0.2, 0.25) is 0 Å². The van der Waals surface area contributed by atoms with E-state index < -0.39 is 0 Å². The Labute approximate surface area is 157 Å². The average molecular weight is 380 g/mol. The molecule has 0 saturated heterocycles. The van der Waals surface area contributed by atoms with Gasteiger partial charge in [0, 0.05) is 28.1 Å². The molecule has 0 saturated carbocycles. The van der Waals surface area contributed by atoms with Crippen molar-refractivity contribution in [3.63, 3.8) is 0 Å². The van der Waals surface area contributed by atoms with Gasteiger partial charge in [0.1, 0.15) is 0 Å². The van der Waals surface area contributed by atoms with Crippen molar-refractivity contribution in [2.75, 3.05) is 16.9 Å². The maximum absolute atomic E-state index is 5.78. The Kier molecular flexibility index (Phi) is 7.16. The number of alkyl halides is 1. The van der Waals surface area contributed by atoms with Crippen LogP contribution in [0, 0.1) is 6.92 Å². The topological polar surface area (TPSA) is 37.8 Å². The highest BCUT2D eigenvalue weighted by Gasteiger charge is 2.06. The van der Waals surface area contributed by atoms with Crippen molar-refractivity contribution in [3.05, 3.63) is 60.0 Å². The lowest BCUT2D eigenvalue weighted by Gasteiger charge is -2.11. The normalized spacial score (nSPS) is 10.4. The Morgan fingerprint density at radius 2 is 2.00 bits per heavy atom. The number of halogens is 2. The molecule has 2 heterocycles. The van der Waals surface area contributed by atoms with Crippen LogP contribution in [0.4, 0.5) is 5.69 Å². The van der Waals surface area contributed by atoms with E-state index in [1.54, 1.807) is 11.8 Å². The highest BCUT2D eigenvalue weighted by atomic mass is 35.5. The second kappa shape index (κ2) is 9.11. The maximum Gasteiger partial charge on any atom is 0.0703 e. The first-order valence-electron chi connectivity index (χ1n) is 7.50. The Bertz CT molecular complexity index is 811. The van der Waals surface area contributed by atoms with Crippen molar-refractivity contribution in [1.29, 1.82) is 0 Å². The summed E-state index contributed by atoms with van der Waals surface area (Å²) in [4.78, 5) is 10.2. The van der Waals surface area contributed by atoms with Gasteiger partial charge in [-0.05, 0) is 30.7 Å². The smallest absolute Gasteiger partial charge is 0.0703 e. The fourth-order valence-corrected chi connectivity index (χ4v) is 3.42. The van der Waals surface area contributed by atoms with Crippen LogP contribution < -0.4 is 5.32 Å². The first-order chi connectivity index (χ1) is 11.3. The van der Waals surface area contributed by atoms with Gasteiger partial charge in [-0.1, -0.05) is 18.2 Å².